The quantitative estimate of drug-likeness (QED) is 0.884. The predicted molar refractivity (Wildman–Crippen MR) is 62.1 cm³/mol. The van der Waals surface area contributed by atoms with Gasteiger partial charge in [-0.15, -0.1) is 11.3 Å². The molecule has 0 saturated heterocycles. The zero-order valence-electron chi connectivity index (χ0n) is 8.42. The van der Waals surface area contributed by atoms with Crippen molar-refractivity contribution in [3.63, 3.8) is 0 Å². The van der Waals surface area contributed by atoms with Crippen LogP contribution in [0.5, 0.6) is 5.75 Å². The van der Waals surface area contributed by atoms with Crippen molar-refractivity contribution in [3.8, 4) is 5.75 Å². The van der Waals surface area contributed by atoms with Crippen LogP contribution in [-0.4, -0.2) is 11.1 Å². The van der Waals surface area contributed by atoms with Crippen LogP contribution in [0.15, 0.2) is 41.8 Å². The lowest BCUT2D eigenvalue weighted by Gasteiger charge is -2.04. The summed E-state index contributed by atoms with van der Waals surface area (Å²) >= 11 is 1.63. The molecule has 1 N–H and O–H groups in total. The standard InChI is InChI=1S/C12H10O3S/c13-12(14)9-3-5-10(6-4-9)15-8-11-2-1-7-16-11/h1-7H,8H2,(H,13,14). The minimum absolute atomic E-state index is 0.267. The second kappa shape index (κ2) is 4.81. The van der Waals surface area contributed by atoms with Gasteiger partial charge in [-0.3, -0.25) is 0 Å². The lowest BCUT2D eigenvalue weighted by molar-refractivity contribution is 0.0697. The van der Waals surface area contributed by atoms with E-state index in [2.05, 4.69) is 0 Å². The fourth-order valence-corrected chi connectivity index (χ4v) is 1.86. The van der Waals surface area contributed by atoms with E-state index in [1.54, 1.807) is 23.5 Å². The summed E-state index contributed by atoms with van der Waals surface area (Å²) < 4.78 is 5.50. The highest BCUT2D eigenvalue weighted by Gasteiger charge is 2.02. The van der Waals surface area contributed by atoms with Crippen molar-refractivity contribution in [2.24, 2.45) is 0 Å². The van der Waals surface area contributed by atoms with E-state index in [1.807, 2.05) is 17.5 Å². The Kier molecular flexibility index (Phi) is 3.22. The van der Waals surface area contributed by atoms with Crippen LogP contribution in [0.3, 0.4) is 0 Å². The number of carboxylic acids is 1. The molecule has 0 fully saturated rings. The number of hydrogen-bond donors (Lipinski definition) is 1. The highest BCUT2D eigenvalue weighted by atomic mass is 32.1. The van der Waals surface area contributed by atoms with Crippen molar-refractivity contribution in [1.82, 2.24) is 0 Å². The van der Waals surface area contributed by atoms with Gasteiger partial charge in [0, 0.05) is 4.88 Å². The van der Waals surface area contributed by atoms with Crippen LogP contribution < -0.4 is 4.74 Å². The first-order chi connectivity index (χ1) is 7.75. The molecule has 3 nitrogen and oxygen atoms in total. The third kappa shape index (κ3) is 2.61. The molecule has 0 amide bonds. The van der Waals surface area contributed by atoms with Gasteiger partial charge >= 0.3 is 5.97 Å². The summed E-state index contributed by atoms with van der Waals surface area (Å²) in [6.45, 7) is 0.518. The van der Waals surface area contributed by atoms with Crippen molar-refractivity contribution in [1.29, 1.82) is 0 Å². The van der Waals surface area contributed by atoms with E-state index < -0.39 is 5.97 Å². The third-order valence-electron chi connectivity index (χ3n) is 2.06. The van der Waals surface area contributed by atoms with Crippen LogP contribution in [0.2, 0.25) is 0 Å². The fraction of sp³-hybridized carbons (Fsp3) is 0.0833. The summed E-state index contributed by atoms with van der Waals surface area (Å²) in [5, 5.41) is 10.7. The van der Waals surface area contributed by atoms with Gasteiger partial charge in [0.05, 0.1) is 5.56 Å². The van der Waals surface area contributed by atoms with E-state index >= 15 is 0 Å². The van der Waals surface area contributed by atoms with Gasteiger partial charge in [0.15, 0.2) is 0 Å². The minimum Gasteiger partial charge on any atom is -0.488 e. The Hall–Kier alpha value is -1.81. The molecule has 0 bridgehead atoms. The Bertz CT molecular complexity index is 460. The largest absolute Gasteiger partial charge is 0.488 e. The van der Waals surface area contributed by atoms with Crippen molar-refractivity contribution in [2.45, 2.75) is 6.61 Å². The van der Waals surface area contributed by atoms with Crippen molar-refractivity contribution in [3.05, 3.63) is 52.2 Å². The molecule has 0 atom stereocenters. The van der Waals surface area contributed by atoms with Gasteiger partial charge in [-0.25, -0.2) is 4.79 Å². The number of ether oxygens (including phenoxy) is 1. The maximum absolute atomic E-state index is 10.6. The van der Waals surface area contributed by atoms with E-state index in [9.17, 15) is 4.79 Å². The molecule has 2 rings (SSSR count). The maximum Gasteiger partial charge on any atom is 0.335 e. The number of aromatic carboxylic acids is 1. The van der Waals surface area contributed by atoms with Gasteiger partial charge in [-0.05, 0) is 35.7 Å². The van der Waals surface area contributed by atoms with Gasteiger partial charge in [0.1, 0.15) is 12.4 Å². The Morgan fingerprint density at radius 3 is 2.56 bits per heavy atom. The van der Waals surface area contributed by atoms with Gasteiger partial charge < -0.3 is 9.84 Å². The molecule has 0 saturated carbocycles. The minimum atomic E-state index is -0.926. The van der Waals surface area contributed by atoms with Gasteiger partial charge in [-0.2, -0.15) is 0 Å². The summed E-state index contributed by atoms with van der Waals surface area (Å²) in [6, 6.07) is 10.4. The molecule has 16 heavy (non-hydrogen) atoms. The molecule has 1 aromatic heterocycles. The highest BCUT2D eigenvalue weighted by Crippen LogP contribution is 2.16. The molecule has 0 aliphatic heterocycles. The summed E-state index contributed by atoms with van der Waals surface area (Å²) in [4.78, 5) is 11.8. The fourth-order valence-electron chi connectivity index (χ4n) is 1.24. The number of carboxylic acid groups (broad SMARTS) is 1. The van der Waals surface area contributed by atoms with Crippen LogP contribution in [0.1, 0.15) is 15.2 Å². The van der Waals surface area contributed by atoms with E-state index in [4.69, 9.17) is 9.84 Å². The number of carbonyl (C=O) groups is 1. The summed E-state index contributed by atoms with van der Waals surface area (Å²) in [7, 11) is 0. The zero-order valence-corrected chi connectivity index (χ0v) is 9.24. The van der Waals surface area contributed by atoms with E-state index in [0.717, 1.165) is 4.88 Å². The normalized spacial score (nSPS) is 10.0. The van der Waals surface area contributed by atoms with Crippen LogP contribution in [-0.2, 0) is 6.61 Å². The first kappa shape index (κ1) is 10.7. The Labute approximate surface area is 96.9 Å². The molecule has 1 aromatic carbocycles. The zero-order chi connectivity index (χ0) is 11.4. The van der Waals surface area contributed by atoms with E-state index in [-0.39, 0.29) is 5.56 Å². The molecule has 1 heterocycles. The monoisotopic (exact) mass is 234 g/mol. The highest BCUT2D eigenvalue weighted by molar-refractivity contribution is 7.09. The van der Waals surface area contributed by atoms with E-state index in [1.165, 1.54) is 12.1 Å². The summed E-state index contributed by atoms with van der Waals surface area (Å²) in [6.07, 6.45) is 0. The molecule has 0 radical (unpaired) electrons. The smallest absolute Gasteiger partial charge is 0.335 e. The second-order valence-electron chi connectivity index (χ2n) is 3.20. The van der Waals surface area contributed by atoms with Gasteiger partial charge in [0.25, 0.3) is 0 Å². The molecule has 4 heteroatoms. The first-order valence-corrected chi connectivity index (χ1v) is 5.62. The van der Waals surface area contributed by atoms with Gasteiger partial charge in [0.2, 0.25) is 0 Å². The van der Waals surface area contributed by atoms with Crippen LogP contribution in [0, 0.1) is 0 Å². The SMILES string of the molecule is O=C(O)c1ccc(OCc2cccs2)cc1. The first-order valence-electron chi connectivity index (χ1n) is 4.74. The molecule has 0 aliphatic rings. The van der Waals surface area contributed by atoms with Crippen LogP contribution in [0.4, 0.5) is 0 Å². The van der Waals surface area contributed by atoms with Gasteiger partial charge in [-0.1, -0.05) is 6.07 Å². The topological polar surface area (TPSA) is 46.5 Å². The molecular weight excluding hydrogens is 224 g/mol. The third-order valence-corrected chi connectivity index (χ3v) is 2.91. The van der Waals surface area contributed by atoms with Crippen LogP contribution >= 0.6 is 11.3 Å². The average molecular weight is 234 g/mol. The number of thiophene rings is 1. The van der Waals surface area contributed by atoms with Crippen molar-refractivity contribution < 1.29 is 14.6 Å². The summed E-state index contributed by atoms with van der Waals surface area (Å²) in [5.74, 6) is -0.247. The number of hydrogen-bond acceptors (Lipinski definition) is 3. The maximum atomic E-state index is 10.6. The molecule has 0 unspecified atom stereocenters. The Balaban J connectivity index is 1.98. The van der Waals surface area contributed by atoms with Crippen molar-refractivity contribution >= 4 is 17.3 Å². The molecule has 0 aliphatic carbocycles. The van der Waals surface area contributed by atoms with Crippen molar-refractivity contribution in [2.75, 3.05) is 0 Å². The lowest BCUT2D eigenvalue weighted by Crippen LogP contribution is -1.97. The van der Waals surface area contributed by atoms with Crippen LogP contribution in [0.25, 0.3) is 0 Å². The van der Waals surface area contributed by atoms with E-state index in [0.29, 0.717) is 12.4 Å². The summed E-state index contributed by atoms with van der Waals surface area (Å²) in [5.41, 5.74) is 0.267. The molecule has 82 valence electrons. The predicted octanol–water partition coefficient (Wildman–Crippen LogP) is 3.03. The number of rotatable bonds is 4. The lowest BCUT2D eigenvalue weighted by atomic mass is 10.2. The Morgan fingerprint density at radius 2 is 2.00 bits per heavy atom. The average Bonchev–Trinajstić information content (AvgIpc) is 2.80. The molecule has 0 spiro atoms. The Morgan fingerprint density at radius 1 is 1.25 bits per heavy atom. The second-order valence-corrected chi connectivity index (χ2v) is 4.23. The molecular formula is C12H10O3S. The number of benzene rings is 1. The molecule has 2 aromatic rings.